The van der Waals surface area contributed by atoms with E-state index in [4.69, 9.17) is 5.11 Å². The van der Waals surface area contributed by atoms with E-state index in [9.17, 15) is 5.11 Å². The fraction of sp³-hybridized carbons (Fsp3) is 0.333. The molecule has 0 aliphatic rings. The summed E-state index contributed by atoms with van der Waals surface area (Å²) in [7, 11) is 0. The highest BCUT2D eigenvalue weighted by molar-refractivity contribution is 5.15. The minimum Gasteiger partial charge on any atom is -0.396 e. The average molecular weight is 300 g/mol. The number of aliphatic hydroxyl groups is 2. The predicted octanol–water partition coefficient (Wildman–Crippen LogP) is 1.64. The summed E-state index contributed by atoms with van der Waals surface area (Å²) in [6.45, 7) is 1.29. The summed E-state index contributed by atoms with van der Waals surface area (Å²) in [5.74, 6) is 0. The second-order valence-electron chi connectivity index (χ2n) is 5.29. The molecule has 0 radical (unpaired) electrons. The van der Waals surface area contributed by atoms with Crippen LogP contribution in [0.1, 0.15) is 17.5 Å². The molecule has 0 bridgehead atoms. The Morgan fingerprint density at radius 1 is 0.773 bits per heavy atom. The molecule has 0 unspecified atom stereocenters. The molecular formula is C18H24N2O2. The summed E-state index contributed by atoms with van der Waals surface area (Å²) in [4.78, 5) is 0. The molecule has 0 aliphatic heterocycles. The zero-order chi connectivity index (χ0) is 15.6. The molecule has 118 valence electrons. The van der Waals surface area contributed by atoms with Crippen LogP contribution in [0.2, 0.25) is 0 Å². The number of aliphatic hydroxyl groups excluding tert-OH is 2. The molecule has 4 N–H and O–H groups in total. The van der Waals surface area contributed by atoms with E-state index in [1.165, 1.54) is 0 Å². The Morgan fingerprint density at radius 3 is 1.64 bits per heavy atom. The highest BCUT2D eigenvalue weighted by Gasteiger charge is 2.17. The van der Waals surface area contributed by atoms with Gasteiger partial charge >= 0.3 is 0 Å². The number of benzene rings is 2. The maximum Gasteiger partial charge on any atom is 0.0846 e. The van der Waals surface area contributed by atoms with E-state index in [1.807, 2.05) is 60.7 Å². The van der Waals surface area contributed by atoms with E-state index >= 15 is 0 Å². The fourth-order valence-corrected chi connectivity index (χ4v) is 2.29. The van der Waals surface area contributed by atoms with E-state index in [0.717, 1.165) is 11.1 Å². The molecule has 4 nitrogen and oxygen atoms in total. The molecule has 0 fully saturated rings. The molecule has 2 aromatic carbocycles. The summed E-state index contributed by atoms with van der Waals surface area (Å²) in [6.07, 6.45) is -0.571. The number of hydrogen-bond acceptors (Lipinski definition) is 4. The molecule has 0 saturated carbocycles. The molecule has 2 rings (SSSR count). The zero-order valence-corrected chi connectivity index (χ0v) is 12.7. The molecule has 0 saturated heterocycles. The Morgan fingerprint density at radius 2 is 1.23 bits per heavy atom. The van der Waals surface area contributed by atoms with E-state index in [1.54, 1.807) is 0 Å². The summed E-state index contributed by atoms with van der Waals surface area (Å²) >= 11 is 0. The molecule has 0 aliphatic carbocycles. The second-order valence-corrected chi connectivity index (χ2v) is 5.29. The van der Waals surface area contributed by atoms with Gasteiger partial charge in [-0.1, -0.05) is 60.7 Å². The van der Waals surface area contributed by atoms with Crippen LogP contribution in [0.3, 0.4) is 0 Å². The van der Waals surface area contributed by atoms with Gasteiger partial charge in [-0.25, -0.2) is 0 Å². The van der Waals surface area contributed by atoms with Crippen LogP contribution in [0.25, 0.3) is 0 Å². The average Bonchev–Trinajstić information content (AvgIpc) is 2.57. The number of nitrogens with one attached hydrogen (secondary N) is 2. The Bertz CT molecular complexity index is 476. The number of hydrogen-bond donors (Lipinski definition) is 4. The molecular weight excluding hydrogens is 276 g/mol. The first-order chi connectivity index (χ1) is 10.8. The third-order valence-corrected chi connectivity index (χ3v) is 3.55. The topological polar surface area (TPSA) is 64.5 Å². The third-order valence-electron chi connectivity index (χ3n) is 3.55. The van der Waals surface area contributed by atoms with Crippen molar-refractivity contribution in [2.45, 2.75) is 31.8 Å². The van der Waals surface area contributed by atoms with Crippen molar-refractivity contribution in [1.29, 1.82) is 0 Å². The van der Waals surface area contributed by atoms with Gasteiger partial charge in [-0.3, -0.25) is 10.6 Å². The molecule has 0 aromatic heterocycles. The van der Waals surface area contributed by atoms with Crippen LogP contribution in [-0.4, -0.2) is 29.1 Å². The molecule has 0 heterocycles. The maximum atomic E-state index is 10.2. The predicted molar refractivity (Wildman–Crippen MR) is 88.1 cm³/mol. The quantitative estimate of drug-likeness (QED) is 0.532. The van der Waals surface area contributed by atoms with Gasteiger partial charge in [0.15, 0.2) is 0 Å². The van der Waals surface area contributed by atoms with Crippen molar-refractivity contribution < 1.29 is 10.2 Å². The van der Waals surface area contributed by atoms with Gasteiger partial charge < -0.3 is 10.2 Å². The van der Waals surface area contributed by atoms with Gasteiger partial charge in [0.2, 0.25) is 0 Å². The smallest absolute Gasteiger partial charge is 0.0846 e. The first kappa shape index (κ1) is 16.6. The van der Waals surface area contributed by atoms with E-state index < -0.39 is 6.10 Å². The molecule has 22 heavy (non-hydrogen) atoms. The van der Waals surface area contributed by atoms with Crippen molar-refractivity contribution in [1.82, 2.24) is 10.6 Å². The van der Waals surface area contributed by atoms with E-state index in [0.29, 0.717) is 19.5 Å². The lowest BCUT2D eigenvalue weighted by atomic mass is 10.1. The fourth-order valence-electron chi connectivity index (χ4n) is 2.29. The molecule has 4 heteroatoms. The zero-order valence-electron chi connectivity index (χ0n) is 12.7. The van der Waals surface area contributed by atoms with Crippen LogP contribution in [-0.2, 0) is 13.1 Å². The molecule has 0 amide bonds. The molecule has 2 aromatic rings. The Hall–Kier alpha value is -1.72. The van der Waals surface area contributed by atoms with Crippen LogP contribution in [0.15, 0.2) is 60.7 Å². The number of rotatable bonds is 9. The largest absolute Gasteiger partial charge is 0.396 e. The Labute approximate surface area is 131 Å². The minimum absolute atomic E-state index is 0.0301. The highest BCUT2D eigenvalue weighted by atomic mass is 16.3. The second kappa shape index (κ2) is 9.33. The van der Waals surface area contributed by atoms with Crippen LogP contribution < -0.4 is 10.6 Å². The van der Waals surface area contributed by atoms with Gasteiger partial charge in [0.25, 0.3) is 0 Å². The SMILES string of the molecule is OCC[C@H](O)C(NCc1ccccc1)NCc1ccccc1. The lowest BCUT2D eigenvalue weighted by Crippen LogP contribution is -2.50. The van der Waals surface area contributed by atoms with Gasteiger partial charge in [-0.15, -0.1) is 0 Å². The summed E-state index contributed by atoms with van der Waals surface area (Å²) in [5.41, 5.74) is 2.32. The molecule has 1 atom stereocenters. The van der Waals surface area contributed by atoms with Crippen molar-refractivity contribution in [3.63, 3.8) is 0 Å². The first-order valence-corrected chi connectivity index (χ1v) is 7.63. The standard InChI is InChI=1S/C18H24N2O2/c21-12-11-17(22)18(19-13-15-7-3-1-4-8-15)20-14-16-9-5-2-6-10-16/h1-10,17-22H,11-14H2/t17-/m0/s1. The van der Waals surface area contributed by atoms with Gasteiger partial charge in [0.05, 0.1) is 12.3 Å². The summed E-state index contributed by atoms with van der Waals surface area (Å²) in [5, 5.41) is 25.9. The summed E-state index contributed by atoms with van der Waals surface area (Å²) < 4.78 is 0. The van der Waals surface area contributed by atoms with Crippen LogP contribution in [0.4, 0.5) is 0 Å². The van der Waals surface area contributed by atoms with E-state index in [2.05, 4.69) is 10.6 Å². The minimum atomic E-state index is -0.641. The van der Waals surface area contributed by atoms with Gasteiger partial charge in [-0.05, 0) is 17.5 Å². The normalized spacial score (nSPS) is 12.5. The van der Waals surface area contributed by atoms with Gasteiger partial charge in [0.1, 0.15) is 0 Å². The van der Waals surface area contributed by atoms with Crippen molar-refractivity contribution in [2.75, 3.05) is 6.61 Å². The van der Waals surface area contributed by atoms with Crippen molar-refractivity contribution in [3.05, 3.63) is 71.8 Å². The summed E-state index contributed by atoms with van der Waals surface area (Å²) in [6, 6.07) is 20.1. The lowest BCUT2D eigenvalue weighted by Gasteiger charge is -2.25. The first-order valence-electron chi connectivity index (χ1n) is 7.63. The van der Waals surface area contributed by atoms with Gasteiger partial charge in [-0.2, -0.15) is 0 Å². The monoisotopic (exact) mass is 300 g/mol. The Balaban J connectivity index is 1.90. The van der Waals surface area contributed by atoms with Crippen molar-refractivity contribution in [2.24, 2.45) is 0 Å². The molecule has 0 spiro atoms. The highest BCUT2D eigenvalue weighted by Crippen LogP contribution is 2.04. The van der Waals surface area contributed by atoms with Gasteiger partial charge in [0, 0.05) is 19.7 Å². The lowest BCUT2D eigenvalue weighted by molar-refractivity contribution is 0.0807. The van der Waals surface area contributed by atoms with E-state index in [-0.39, 0.29) is 12.8 Å². The van der Waals surface area contributed by atoms with Crippen LogP contribution in [0, 0.1) is 0 Å². The third kappa shape index (κ3) is 5.58. The van der Waals surface area contributed by atoms with Crippen molar-refractivity contribution >= 4 is 0 Å². The van der Waals surface area contributed by atoms with Crippen LogP contribution in [0.5, 0.6) is 0 Å². The van der Waals surface area contributed by atoms with Crippen molar-refractivity contribution in [3.8, 4) is 0 Å². The van der Waals surface area contributed by atoms with Crippen LogP contribution >= 0.6 is 0 Å². The maximum absolute atomic E-state index is 10.2. The Kier molecular flexibility index (Phi) is 7.06.